The third kappa shape index (κ3) is 3.46. The molecule has 1 aliphatic heterocycles. The number of hydrogen-bond acceptors (Lipinski definition) is 3. The van der Waals surface area contributed by atoms with Gasteiger partial charge in [-0.15, -0.1) is 12.4 Å². The van der Waals surface area contributed by atoms with Crippen molar-refractivity contribution >= 4 is 38.4 Å². The van der Waals surface area contributed by atoms with Gasteiger partial charge in [0, 0.05) is 25.7 Å². The van der Waals surface area contributed by atoms with E-state index in [1.54, 1.807) is 0 Å². The summed E-state index contributed by atoms with van der Waals surface area (Å²) in [5, 5.41) is 3.12. The number of hydrogen-bond donors (Lipinski definition) is 1. The molecule has 1 aromatic carbocycles. The van der Waals surface area contributed by atoms with Gasteiger partial charge in [-0.3, -0.25) is 0 Å². The zero-order valence-corrected chi connectivity index (χ0v) is 13.5. The molecule has 1 heterocycles. The van der Waals surface area contributed by atoms with E-state index in [1.807, 2.05) is 6.92 Å². The van der Waals surface area contributed by atoms with Crippen molar-refractivity contribution in [2.45, 2.75) is 17.9 Å². The van der Waals surface area contributed by atoms with Crippen LogP contribution in [0.1, 0.15) is 6.92 Å². The third-order valence-electron chi connectivity index (χ3n) is 2.94. The van der Waals surface area contributed by atoms with E-state index in [4.69, 9.17) is 0 Å². The van der Waals surface area contributed by atoms with Gasteiger partial charge in [-0.1, -0.05) is 0 Å². The molecule has 0 radical (unpaired) electrons. The molecular weight excluding hydrogens is 359 g/mol. The fourth-order valence-electron chi connectivity index (χ4n) is 1.95. The molecule has 1 aromatic rings. The lowest BCUT2D eigenvalue weighted by Gasteiger charge is -2.32. The molecule has 0 saturated carbocycles. The topological polar surface area (TPSA) is 49.4 Å². The summed E-state index contributed by atoms with van der Waals surface area (Å²) >= 11 is 3.01. The minimum Gasteiger partial charge on any atom is -0.314 e. The maximum absolute atomic E-state index is 13.4. The quantitative estimate of drug-likeness (QED) is 0.862. The molecule has 19 heavy (non-hydrogen) atoms. The molecule has 1 aliphatic rings. The zero-order valence-electron chi connectivity index (χ0n) is 10.3. The van der Waals surface area contributed by atoms with Crippen LogP contribution < -0.4 is 5.32 Å². The molecular formula is C11H15BrClFN2O2S. The van der Waals surface area contributed by atoms with Crippen LogP contribution in [-0.2, 0) is 10.0 Å². The highest BCUT2D eigenvalue weighted by Crippen LogP contribution is 2.23. The van der Waals surface area contributed by atoms with Crippen molar-refractivity contribution in [3.05, 3.63) is 28.5 Å². The lowest BCUT2D eigenvalue weighted by Crippen LogP contribution is -2.52. The third-order valence-corrected chi connectivity index (χ3v) is 5.59. The molecule has 1 saturated heterocycles. The van der Waals surface area contributed by atoms with E-state index in [2.05, 4.69) is 21.2 Å². The van der Waals surface area contributed by atoms with E-state index < -0.39 is 15.8 Å². The number of sulfonamides is 1. The zero-order chi connectivity index (χ0) is 13.3. The van der Waals surface area contributed by atoms with Crippen LogP contribution in [0, 0.1) is 5.82 Å². The molecule has 1 N–H and O–H groups in total. The van der Waals surface area contributed by atoms with Gasteiger partial charge in [0.05, 0.1) is 9.37 Å². The standard InChI is InChI=1S/C11H14BrFN2O2S.ClH/c1-8-7-14-4-5-15(8)18(16,17)9-2-3-10(12)11(13)6-9;/h2-3,6,8,14H,4-5,7H2,1H3;1H/t8-;/m1./s1. The van der Waals surface area contributed by atoms with Gasteiger partial charge in [0.25, 0.3) is 0 Å². The van der Waals surface area contributed by atoms with Gasteiger partial charge in [-0.25, -0.2) is 12.8 Å². The SMILES string of the molecule is C[C@@H]1CNCCN1S(=O)(=O)c1ccc(Br)c(F)c1.Cl. The molecule has 0 amide bonds. The van der Waals surface area contributed by atoms with Crippen LogP contribution in [0.5, 0.6) is 0 Å². The molecule has 0 unspecified atom stereocenters. The second-order valence-electron chi connectivity index (χ2n) is 4.24. The maximum atomic E-state index is 13.4. The van der Waals surface area contributed by atoms with E-state index in [9.17, 15) is 12.8 Å². The van der Waals surface area contributed by atoms with Crippen LogP contribution in [0.3, 0.4) is 0 Å². The maximum Gasteiger partial charge on any atom is 0.243 e. The van der Waals surface area contributed by atoms with Crippen LogP contribution >= 0.6 is 28.3 Å². The van der Waals surface area contributed by atoms with Crippen molar-refractivity contribution in [3.8, 4) is 0 Å². The second-order valence-corrected chi connectivity index (χ2v) is 6.99. The van der Waals surface area contributed by atoms with Gasteiger partial charge >= 0.3 is 0 Å². The predicted molar refractivity (Wildman–Crippen MR) is 77.6 cm³/mol. The van der Waals surface area contributed by atoms with Crippen molar-refractivity contribution in [1.29, 1.82) is 0 Å². The minimum absolute atomic E-state index is 0. The van der Waals surface area contributed by atoms with E-state index in [1.165, 1.54) is 16.4 Å². The number of piperazine rings is 1. The Hall–Kier alpha value is -0.210. The summed E-state index contributed by atoms with van der Waals surface area (Å²) in [5.74, 6) is -0.570. The van der Waals surface area contributed by atoms with Crippen LogP contribution in [0.2, 0.25) is 0 Å². The molecule has 108 valence electrons. The lowest BCUT2D eigenvalue weighted by atomic mass is 10.3. The van der Waals surface area contributed by atoms with Gasteiger partial charge in [-0.05, 0) is 41.1 Å². The van der Waals surface area contributed by atoms with Crippen LogP contribution in [-0.4, -0.2) is 38.4 Å². The fraction of sp³-hybridized carbons (Fsp3) is 0.455. The van der Waals surface area contributed by atoms with E-state index in [0.29, 0.717) is 19.6 Å². The Morgan fingerprint density at radius 1 is 1.47 bits per heavy atom. The second kappa shape index (κ2) is 6.49. The first-order valence-corrected chi connectivity index (χ1v) is 7.84. The molecule has 4 nitrogen and oxygen atoms in total. The van der Waals surface area contributed by atoms with Crippen molar-refractivity contribution < 1.29 is 12.8 Å². The number of nitrogens with zero attached hydrogens (tertiary/aromatic N) is 1. The van der Waals surface area contributed by atoms with Crippen LogP contribution in [0.15, 0.2) is 27.6 Å². The van der Waals surface area contributed by atoms with Crippen molar-refractivity contribution in [3.63, 3.8) is 0 Å². The number of nitrogens with one attached hydrogen (secondary N) is 1. The Morgan fingerprint density at radius 2 is 2.16 bits per heavy atom. The smallest absolute Gasteiger partial charge is 0.243 e. The van der Waals surface area contributed by atoms with Gasteiger partial charge in [0.15, 0.2) is 0 Å². The Kier molecular flexibility index (Phi) is 5.76. The first-order chi connectivity index (χ1) is 8.43. The van der Waals surface area contributed by atoms with Crippen molar-refractivity contribution in [1.82, 2.24) is 9.62 Å². The average Bonchev–Trinajstić information content (AvgIpc) is 2.33. The molecule has 1 fully saturated rings. The Labute approximate surface area is 127 Å². The molecule has 0 spiro atoms. The summed E-state index contributed by atoms with van der Waals surface area (Å²) in [7, 11) is -3.62. The van der Waals surface area contributed by atoms with E-state index in [0.717, 1.165) is 6.07 Å². The highest BCUT2D eigenvalue weighted by molar-refractivity contribution is 9.10. The van der Waals surface area contributed by atoms with E-state index in [-0.39, 0.29) is 27.8 Å². The monoisotopic (exact) mass is 372 g/mol. The van der Waals surface area contributed by atoms with Gasteiger partial charge in [0.2, 0.25) is 10.0 Å². The normalized spacial score (nSPS) is 20.9. The Balaban J connectivity index is 0.00000180. The molecule has 8 heteroatoms. The summed E-state index contributed by atoms with van der Waals surface area (Å²) in [4.78, 5) is -0.00282. The molecule has 0 aromatic heterocycles. The molecule has 1 atom stereocenters. The average molecular weight is 374 g/mol. The summed E-state index contributed by atoms with van der Waals surface area (Å²) in [6.45, 7) is 3.46. The fourth-order valence-corrected chi connectivity index (χ4v) is 3.84. The van der Waals surface area contributed by atoms with E-state index >= 15 is 0 Å². The predicted octanol–water partition coefficient (Wildman–Crippen LogP) is 1.99. The van der Waals surface area contributed by atoms with Crippen molar-refractivity contribution in [2.75, 3.05) is 19.6 Å². The Morgan fingerprint density at radius 3 is 2.74 bits per heavy atom. The van der Waals surface area contributed by atoms with Gasteiger partial charge in [0.1, 0.15) is 5.82 Å². The largest absolute Gasteiger partial charge is 0.314 e. The highest BCUT2D eigenvalue weighted by Gasteiger charge is 2.31. The molecule has 0 bridgehead atoms. The summed E-state index contributed by atoms with van der Waals surface area (Å²) < 4.78 is 39.9. The highest BCUT2D eigenvalue weighted by atomic mass is 79.9. The summed E-state index contributed by atoms with van der Waals surface area (Å²) in [6.07, 6.45) is 0. The van der Waals surface area contributed by atoms with Crippen molar-refractivity contribution in [2.24, 2.45) is 0 Å². The number of halogens is 3. The molecule has 2 rings (SSSR count). The van der Waals surface area contributed by atoms with Gasteiger partial charge in [-0.2, -0.15) is 4.31 Å². The summed E-state index contributed by atoms with van der Waals surface area (Å²) in [6, 6.07) is 3.75. The first-order valence-electron chi connectivity index (χ1n) is 5.60. The van der Waals surface area contributed by atoms with Crippen LogP contribution in [0.25, 0.3) is 0 Å². The first kappa shape index (κ1) is 16.8. The summed E-state index contributed by atoms with van der Waals surface area (Å²) in [5.41, 5.74) is 0. The van der Waals surface area contributed by atoms with Crippen LogP contribution in [0.4, 0.5) is 4.39 Å². The number of benzene rings is 1. The minimum atomic E-state index is -3.62. The molecule has 0 aliphatic carbocycles. The lowest BCUT2D eigenvalue weighted by molar-refractivity contribution is 0.283. The Bertz CT molecular complexity index is 556. The number of rotatable bonds is 2. The van der Waals surface area contributed by atoms with Gasteiger partial charge < -0.3 is 5.32 Å².